The summed E-state index contributed by atoms with van der Waals surface area (Å²) in [6.07, 6.45) is 0. The van der Waals surface area contributed by atoms with Crippen LogP contribution >= 0.6 is 11.6 Å². The lowest BCUT2D eigenvalue weighted by atomic mass is 9.87. The zero-order valence-electron chi connectivity index (χ0n) is 16.3. The zero-order chi connectivity index (χ0) is 21.6. The number of hydrogen-bond donors (Lipinski definition) is 1. The molecule has 0 spiro atoms. The van der Waals surface area contributed by atoms with Gasteiger partial charge in [-0.25, -0.2) is 8.42 Å². The topological polar surface area (TPSA) is 69.4 Å². The molecule has 0 bridgehead atoms. The summed E-state index contributed by atoms with van der Waals surface area (Å²) in [6.45, 7) is 0. The molecule has 2 N–H and O–H groups in total. The van der Waals surface area contributed by atoms with E-state index in [0.29, 0.717) is 10.8 Å². The van der Waals surface area contributed by atoms with E-state index in [9.17, 15) is 8.42 Å². The van der Waals surface area contributed by atoms with Gasteiger partial charge in [0.15, 0.2) is 0 Å². The van der Waals surface area contributed by atoms with Crippen LogP contribution in [0, 0.1) is 0 Å². The molecular weight excluding hydrogens is 430 g/mol. The molecule has 1 unspecified atom stereocenters. The Balaban J connectivity index is 1.82. The van der Waals surface area contributed by atoms with E-state index in [4.69, 9.17) is 22.1 Å². The van der Waals surface area contributed by atoms with Crippen LogP contribution in [-0.2, 0) is 9.84 Å². The third kappa shape index (κ3) is 3.26. The van der Waals surface area contributed by atoms with Crippen LogP contribution in [0.3, 0.4) is 0 Å². The first kappa shape index (κ1) is 19.7. The molecule has 1 aliphatic heterocycles. The van der Waals surface area contributed by atoms with Crippen LogP contribution in [0.2, 0.25) is 5.02 Å². The van der Waals surface area contributed by atoms with Crippen LogP contribution in [0.5, 0.6) is 5.75 Å². The Bertz CT molecular complexity index is 1450. The normalized spacial score (nSPS) is 16.1. The van der Waals surface area contributed by atoms with Crippen LogP contribution in [0.1, 0.15) is 17.0 Å². The number of allylic oxidation sites excluding steroid dienone is 1. The maximum atomic E-state index is 13.7. The third-order valence-electron chi connectivity index (χ3n) is 5.46. The van der Waals surface area contributed by atoms with Crippen LogP contribution in [0.25, 0.3) is 10.8 Å². The van der Waals surface area contributed by atoms with E-state index >= 15 is 0 Å². The highest BCUT2D eigenvalue weighted by molar-refractivity contribution is 7.95. The summed E-state index contributed by atoms with van der Waals surface area (Å²) in [7, 11) is -3.93. The molecule has 1 aliphatic rings. The van der Waals surface area contributed by atoms with Gasteiger partial charge in [0, 0.05) is 16.0 Å². The largest absolute Gasteiger partial charge is 0.440 e. The second kappa shape index (κ2) is 7.45. The summed E-state index contributed by atoms with van der Waals surface area (Å²) >= 11 is 6.27. The van der Waals surface area contributed by atoms with Gasteiger partial charge in [0.25, 0.3) is 0 Å². The molecule has 4 nitrogen and oxygen atoms in total. The molecular formula is C25H18ClNO3S. The minimum absolute atomic E-state index is 0.0174. The predicted molar refractivity (Wildman–Crippen MR) is 123 cm³/mol. The van der Waals surface area contributed by atoms with Gasteiger partial charge in [-0.2, -0.15) is 0 Å². The van der Waals surface area contributed by atoms with Gasteiger partial charge in [0.2, 0.25) is 15.7 Å². The second-order valence-corrected chi connectivity index (χ2v) is 9.69. The highest BCUT2D eigenvalue weighted by atomic mass is 35.5. The molecule has 5 rings (SSSR count). The fourth-order valence-electron chi connectivity index (χ4n) is 4.08. The maximum absolute atomic E-state index is 13.7. The number of halogens is 1. The molecule has 0 fully saturated rings. The Kier molecular flexibility index (Phi) is 4.73. The minimum Gasteiger partial charge on any atom is -0.440 e. The fraction of sp³-hybridized carbons (Fsp3) is 0.0400. The molecule has 4 aromatic rings. The lowest BCUT2D eigenvalue weighted by Crippen LogP contribution is -2.26. The highest BCUT2D eigenvalue weighted by Crippen LogP contribution is 2.48. The summed E-state index contributed by atoms with van der Waals surface area (Å²) < 4.78 is 33.4. The van der Waals surface area contributed by atoms with Crippen LogP contribution in [0.15, 0.2) is 107 Å². The van der Waals surface area contributed by atoms with Crippen molar-refractivity contribution >= 4 is 32.2 Å². The average molecular weight is 448 g/mol. The van der Waals surface area contributed by atoms with Gasteiger partial charge in [-0.15, -0.1) is 0 Å². The van der Waals surface area contributed by atoms with Gasteiger partial charge in [-0.05, 0) is 35.2 Å². The van der Waals surface area contributed by atoms with Crippen molar-refractivity contribution in [1.82, 2.24) is 0 Å². The van der Waals surface area contributed by atoms with E-state index in [-0.39, 0.29) is 15.7 Å². The van der Waals surface area contributed by atoms with Crippen molar-refractivity contribution in [2.24, 2.45) is 5.73 Å². The van der Waals surface area contributed by atoms with Gasteiger partial charge < -0.3 is 10.5 Å². The van der Waals surface area contributed by atoms with E-state index in [2.05, 4.69) is 0 Å². The molecule has 4 aromatic carbocycles. The number of ether oxygens (including phenoxy) is 1. The zero-order valence-corrected chi connectivity index (χ0v) is 17.9. The molecule has 1 heterocycles. The first-order valence-electron chi connectivity index (χ1n) is 9.71. The number of hydrogen-bond acceptors (Lipinski definition) is 4. The van der Waals surface area contributed by atoms with Crippen molar-refractivity contribution in [1.29, 1.82) is 0 Å². The molecule has 0 radical (unpaired) electrons. The lowest BCUT2D eigenvalue weighted by molar-refractivity contribution is 0.399. The van der Waals surface area contributed by atoms with Crippen molar-refractivity contribution in [3.8, 4) is 5.75 Å². The molecule has 6 heteroatoms. The molecule has 0 aromatic heterocycles. The second-order valence-electron chi connectivity index (χ2n) is 7.34. The van der Waals surface area contributed by atoms with Crippen molar-refractivity contribution < 1.29 is 13.2 Å². The number of nitrogens with two attached hydrogens (primary N) is 1. The van der Waals surface area contributed by atoms with Gasteiger partial charge >= 0.3 is 0 Å². The van der Waals surface area contributed by atoms with Gasteiger partial charge in [0.05, 0.1) is 10.8 Å². The minimum atomic E-state index is -3.93. The number of benzene rings is 4. The van der Waals surface area contributed by atoms with Gasteiger partial charge in [0.1, 0.15) is 10.7 Å². The van der Waals surface area contributed by atoms with Gasteiger partial charge in [-0.3, -0.25) is 0 Å². The summed E-state index contributed by atoms with van der Waals surface area (Å²) in [5.41, 5.74) is 7.77. The van der Waals surface area contributed by atoms with Gasteiger partial charge in [-0.1, -0.05) is 78.3 Å². The molecule has 1 atom stereocenters. The molecule has 0 saturated carbocycles. The number of fused-ring (bicyclic) bond motifs is 3. The van der Waals surface area contributed by atoms with E-state index in [0.717, 1.165) is 21.9 Å². The molecule has 31 heavy (non-hydrogen) atoms. The number of rotatable bonds is 3. The quantitative estimate of drug-likeness (QED) is 0.442. The highest BCUT2D eigenvalue weighted by Gasteiger charge is 2.39. The Morgan fingerprint density at radius 1 is 0.839 bits per heavy atom. The standard InChI is InChI=1S/C25H18ClNO3S/c26-18-9-6-8-17(15-18)22-21-14-13-16-7-4-5-12-20(16)23(21)30-25(27)24(22)31(28,29)19-10-2-1-3-11-19/h1-15,22H,27H2. The molecule has 154 valence electrons. The summed E-state index contributed by atoms with van der Waals surface area (Å²) in [5.74, 6) is -0.220. The Hall–Kier alpha value is -3.28. The van der Waals surface area contributed by atoms with Crippen molar-refractivity contribution in [3.63, 3.8) is 0 Å². The van der Waals surface area contributed by atoms with Crippen LogP contribution < -0.4 is 10.5 Å². The molecule has 0 amide bonds. The SMILES string of the molecule is NC1=C(S(=O)(=O)c2ccccc2)C(c2cccc(Cl)c2)c2ccc3ccccc3c2O1. The summed E-state index contributed by atoms with van der Waals surface area (Å²) in [4.78, 5) is 0.177. The first-order valence-corrected chi connectivity index (χ1v) is 11.6. The van der Waals surface area contributed by atoms with E-state index in [1.165, 1.54) is 0 Å². The van der Waals surface area contributed by atoms with E-state index in [1.807, 2.05) is 42.5 Å². The van der Waals surface area contributed by atoms with E-state index in [1.54, 1.807) is 48.5 Å². The average Bonchev–Trinajstić information content (AvgIpc) is 2.78. The maximum Gasteiger partial charge on any atom is 0.208 e. The molecule has 0 saturated heterocycles. The number of sulfone groups is 1. The van der Waals surface area contributed by atoms with Crippen LogP contribution in [-0.4, -0.2) is 8.42 Å². The van der Waals surface area contributed by atoms with Crippen LogP contribution in [0.4, 0.5) is 0 Å². The third-order valence-corrected chi connectivity index (χ3v) is 7.61. The summed E-state index contributed by atoms with van der Waals surface area (Å²) in [5, 5.41) is 2.36. The predicted octanol–water partition coefficient (Wildman–Crippen LogP) is 5.62. The van der Waals surface area contributed by atoms with Crippen molar-refractivity contribution in [2.75, 3.05) is 0 Å². The first-order chi connectivity index (χ1) is 15.0. The van der Waals surface area contributed by atoms with Crippen molar-refractivity contribution in [2.45, 2.75) is 10.8 Å². The Labute approximate surface area is 185 Å². The Morgan fingerprint density at radius 2 is 1.58 bits per heavy atom. The smallest absolute Gasteiger partial charge is 0.208 e. The van der Waals surface area contributed by atoms with E-state index < -0.39 is 15.8 Å². The Morgan fingerprint density at radius 3 is 2.35 bits per heavy atom. The summed E-state index contributed by atoms with van der Waals surface area (Å²) in [6, 6.07) is 27.1. The fourth-order valence-corrected chi connectivity index (χ4v) is 5.92. The monoisotopic (exact) mass is 447 g/mol. The van der Waals surface area contributed by atoms with Crippen molar-refractivity contribution in [3.05, 3.63) is 118 Å². The lowest BCUT2D eigenvalue weighted by Gasteiger charge is -2.30. The molecule has 0 aliphatic carbocycles.